The quantitative estimate of drug-likeness (QED) is 0.849. The Morgan fingerprint density at radius 1 is 1.29 bits per heavy atom. The predicted octanol–water partition coefficient (Wildman–Crippen LogP) is 3.96. The van der Waals surface area contributed by atoms with Crippen molar-refractivity contribution in [1.29, 1.82) is 0 Å². The first-order chi connectivity index (χ1) is 10.0. The average molecular weight is 310 g/mol. The van der Waals surface area contributed by atoms with Crippen LogP contribution in [0.15, 0.2) is 41.3 Å². The average Bonchev–Trinajstić information content (AvgIpc) is 2.47. The molecule has 0 unspecified atom stereocenters. The van der Waals surface area contributed by atoms with E-state index in [0.29, 0.717) is 5.56 Å². The smallest absolute Gasteiger partial charge is 0.335 e. The standard InChI is InChI=1S/C15H12F2O3S/c1-20-12-4-2-3-10(14(12)17)8-21-13-7-9(15(18)19)5-6-11(13)16/h2-7H,8H2,1H3,(H,18,19). The van der Waals surface area contributed by atoms with Crippen LogP contribution in [0.25, 0.3) is 0 Å². The minimum atomic E-state index is -1.13. The number of carboxylic acids is 1. The second kappa shape index (κ2) is 6.58. The zero-order chi connectivity index (χ0) is 15.4. The Hall–Kier alpha value is -2.08. The summed E-state index contributed by atoms with van der Waals surface area (Å²) >= 11 is 1.03. The van der Waals surface area contributed by atoms with Gasteiger partial charge in [-0.1, -0.05) is 12.1 Å². The molecule has 6 heteroatoms. The van der Waals surface area contributed by atoms with Crippen molar-refractivity contribution in [1.82, 2.24) is 0 Å². The van der Waals surface area contributed by atoms with Gasteiger partial charge in [0.05, 0.1) is 12.7 Å². The fourth-order valence-corrected chi connectivity index (χ4v) is 2.68. The molecule has 1 N–H and O–H groups in total. The Balaban J connectivity index is 2.20. The van der Waals surface area contributed by atoms with E-state index in [9.17, 15) is 13.6 Å². The van der Waals surface area contributed by atoms with Gasteiger partial charge in [0.25, 0.3) is 0 Å². The van der Waals surface area contributed by atoms with Crippen molar-refractivity contribution in [3.05, 3.63) is 59.2 Å². The van der Waals surface area contributed by atoms with Gasteiger partial charge in [0.1, 0.15) is 5.82 Å². The molecule has 0 amide bonds. The molecule has 0 saturated carbocycles. The Morgan fingerprint density at radius 3 is 2.71 bits per heavy atom. The number of methoxy groups -OCH3 is 1. The van der Waals surface area contributed by atoms with Crippen LogP contribution in [0.2, 0.25) is 0 Å². The van der Waals surface area contributed by atoms with Crippen LogP contribution >= 0.6 is 11.8 Å². The van der Waals surface area contributed by atoms with E-state index in [-0.39, 0.29) is 22.0 Å². The van der Waals surface area contributed by atoms with Crippen LogP contribution in [0.5, 0.6) is 5.75 Å². The molecule has 0 aliphatic carbocycles. The normalized spacial score (nSPS) is 10.4. The summed E-state index contributed by atoms with van der Waals surface area (Å²) in [6.07, 6.45) is 0. The predicted molar refractivity (Wildman–Crippen MR) is 75.9 cm³/mol. The summed E-state index contributed by atoms with van der Waals surface area (Å²) in [6, 6.07) is 8.22. The minimum Gasteiger partial charge on any atom is -0.494 e. The summed E-state index contributed by atoms with van der Waals surface area (Å²) in [5.74, 6) is -1.88. The summed E-state index contributed by atoms with van der Waals surface area (Å²) < 4.78 is 32.5. The number of benzene rings is 2. The van der Waals surface area contributed by atoms with E-state index in [2.05, 4.69) is 0 Å². The van der Waals surface area contributed by atoms with Gasteiger partial charge in [-0.3, -0.25) is 0 Å². The highest BCUT2D eigenvalue weighted by molar-refractivity contribution is 7.98. The molecular formula is C15H12F2O3S. The van der Waals surface area contributed by atoms with E-state index in [4.69, 9.17) is 9.84 Å². The van der Waals surface area contributed by atoms with Crippen molar-refractivity contribution in [2.24, 2.45) is 0 Å². The van der Waals surface area contributed by atoms with Gasteiger partial charge >= 0.3 is 5.97 Å². The number of aromatic carboxylic acids is 1. The molecule has 0 saturated heterocycles. The lowest BCUT2D eigenvalue weighted by molar-refractivity contribution is 0.0696. The van der Waals surface area contributed by atoms with Crippen LogP contribution in [-0.2, 0) is 5.75 Å². The molecule has 2 aromatic carbocycles. The first kappa shape index (κ1) is 15.3. The Bertz CT molecular complexity index is 674. The van der Waals surface area contributed by atoms with Gasteiger partial charge in [-0.05, 0) is 24.3 Å². The number of halogens is 2. The van der Waals surface area contributed by atoms with Crippen molar-refractivity contribution in [3.63, 3.8) is 0 Å². The Kier molecular flexibility index (Phi) is 4.80. The molecule has 0 radical (unpaired) electrons. The molecule has 2 rings (SSSR count). The highest BCUT2D eigenvalue weighted by atomic mass is 32.2. The van der Waals surface area contributed by atoms with Gasteiger partial charge in [-0.2, -0.15) is 0 Å². The number of carboxylic acid groups (broad SMARTS) is 1. The maximum Gasteiger partial charge on any atom is 0.335 e. The van der Waals surface area contributed by atoms with Crippen molar-refractivity contribution in [2.75, 3.05) is 7.11 Å². The summed E-state index contributed by atoms with van der Waals surface area (Å²) in [7, 11) is 1.37. The van der Waals surface area contributed by atoms with Crippen LogP contribution in [0.4, 0.5) is 8.78 Å². The number of rotatable bonds is 5. The van der Waals surface area contributed by atoms with Crippen molar-refractivity contribution in [2.45, 2.75) is 10.6 Å². The highest BCUT2D eigenvalue weighted by Gasteiger charge is 2.12. The summed E-state index contributed by atoms with van der Waals surface area (Å²) in [4.78, 5) is 11.0. The summed E-state index contributed by atoms with van der Waals surface area (Å²) in [6.45, 7) is 0. The van der Waals surface area contributed by atoms with Crippen molar-refractivity contribution >= 4 is 17.7 Å². The molecule has 0 spiro atoms. The van der Waals surface area contributed by atoms with E-state index in [1.807, 2.05) is 0 Å². The van der Waals surface area contributed by atoms with Gasteiger partial charge in [-0.15, -0.1) is 11.8 Å². The van der Waals surface area contributed by atoms with Crippen LogP contribution < -0.4 is 4.74 Å². The topological polar surface area (TPSA) is 46.5 Å². The van der Waals surface area contributed by atoms with Crippen LogP contribution in [-0.4, -0.2) is 18.2 Å². The molecule has 0 aliphatic rings. The lowest BCUT2D eigenvalue weighted by atomic mass is 10.2. The van der Waals surface area contributed by atoms with Gasteiger partial charge in [0.2, 0.25) is 0 Å². The lowest BCUT2D eigenvalue weighted by Crippen LogP contribution is -1.98. The van der Waals surface area contributed by atoms with Gasteiger partial charge in [0, 0.05) is 16.2 Å². The molecule has 0 aliphatic heterocycles. The van der Waals surface area contributed by atoms with Gasteiger partial charge in [-0.25, -0.2) is 13.6 Å². The van der Waals surface area contributed by atoms with Crippen molar-refractivity contribution in [3.8, 4) is 5.75 Å². The molecule has 2 aromatic rings. The maximum absolute atomic E-state index is 14.0. The zero-order valence-electron chi connectivity index (χ0n) is 11.1. The van der Waals surface area contributed by atoms with E-state index < -0.39 is 17.6 Å². The largest absolute Gasteiger partial charge is 0.494 e. The fourth-order valence-electron chi connectivity index (χ4n) is 1.73. The van der Waals surface area contributed by atoms with E-state index in [1.165, 1.54) is 25.3 Å². The fraction of sp³-hybridized carbons (Fsp3) is 0.133. The summed E-state index contributed by atoms with van der Waals surface area (Å²) in [5.41, 5.74) is 0.351. The third-order valence-electron chi connectivity index (χ3n) is 2.82. The van der Waals surface area contributed by atoms with Crippen LogP contribution in [0.1, 0.15) is 15.9 Å². The molecule has 110 valence electrons. The van der Waals surface area contributed by atoms with E-state index in [1.54, 1.807) is 12.1 Å². The molecule has 0 bridgehead atoms. The highest BCUT2D eigenvalue weighted by Crippen LogP contribution is 2.29. The third-order valence-corrected chi connectivity index (χ3v) is 3.90. The number of carbonyl (C=O) groups is 1. The van der Waals surface area contributed by atoms with Gasteiger partial charge in [0.15, 0.2) is 11.6 Å². The maximum atomic E-state index is 14.0. The molecule has 0 atom stereocenters. The second-order valence-corrected chi connectivity index (χ2v) is 5.19. The molecule has 0 aromatic heterocycles. The third kappa shape index (κ3) is 3.52. The molecule has 3 nitrogen and oxygen atoms in total. The minimum absolute atomic E-state index is 0.00925. The first-order valence-corrected chi connectivity index (χ1v) is 6.98. The summed E-state index contributed by atoms with van der Waals surface area (Å²) in [5, 5.41) is 8.89. The zero-order valence-corrected chi connectivity index (χ0v) is 11.9. The van der Waals surface area contributed by atoms with Crippen LogP contribution in [0, 0.1) is 11.6 Å². The van der Waals surface area contributed by atoms with Crippen molar-refractivity contribution < 1.29 is 23.4 Å². The van der Waals surface area contributed by atoms with E-state index in [0.717, 1.165) is 17.8 Å². The van der Waals surface area contributed by atoms with E-state index >= 15 is 0 Å². The molecule has 0 heterocycles. The first-order valence-electron chi connectivity index (χ1n) is 6.00. The second-order valence-electron chi connectivity index (χ2n) is 4.17. The SMILES string of the molecule is COc1cccc(CSc2cc(C(=O)O)ccc2F)c1F. The van der Waals surface area contributed by atoms with Crippen LogP contribution in [0.3, 0.4) is 0 Å². The number of hydrogen-bond donors (Lipinski definition) is 1. The van der Waals surface area contributed by atoms with Gasteiger partial charge < -0.3 is 9.84 Å². The number of thioether (sulfide) groups is 1. The lowest BCUT2D eigenvalue weighted by Gasteiger charge is -2.08. The Morgan fingerprint density at radius 2 is 2.05 bits per heavy atom. The number of hydrogen-bond acceptors (Lipinski definition) is 3. The number of ether oxygens (including phenoxy) is 1. The molecule has 21 heavy (non-hydrogen) atoms. The molecular weight excluding hydrogens is 298 g/mol. The monoisotopic (exact) mass is 310 g/mol. The molecule has 0 fully saturated rings. The Labute approximate surface area is 124 Å².